The molecule has 2 N–H and O–H groups in total. The molecule has 1 aromatic rings. The summed E-state index contributed by atoms with van der Waals surface area (Å²) in [5, 5.41) is 11.4. The summed E-state index contributed by atoms with van der Waals surface area (Å²) in [6.07, 6.45) is -0.734. The number of unbranched alkanes of at least 4 members (excludes halogenated alkanes) is 1. The Hall–Kier alpha value is -1.60. The van der Waals surface area contributed by atoms with E-state index in [1.165, 1.54) is 12.1 Å². The van der Waals surface area contributed by atoms with Crippen LogP contribution in [0, 0.1) is 0 Å². The van der Waals surface area contributed by atoms with Gasteiger partial charge in [-0.1, -0.05) is 0 Å². The molecule has 0 saturated heterocycles. The number of aliphatic hydroxyl groups is 1. The van der Waals surface area contributed by atoms with Gasteiger partial charge in [-0.05, 0) is 56.5 Å². The number of hydrogen-bond acceptors (Lipinski definition) is 3. The third-order valence-electron chi connectivity index (χ3n) is 3.76. The van der Waals surface area contributed by atoms with Crippen LogP contribution in [0.25, 0.3) is 0 Å². The summed E-state index contributed by atoms with van der Waals surface area (Å²) in [6, 6.07) is 4.83. The van der Waals surface area contributed by atoms with Crippen molar-refractivity contribution in [1.29, 1.82) is 0 Å². The van der Waals surface area contributed by atoms with Crippen molar-refractivity contribution in [2.24, 2.45) is 0 Å². The standard InChI is InChI=1S/C16H21F3N2O2/c17-16(18,19)12-3-5-13(6-4-12)20-15(23)11-21(14-7-8-14)9-1-2-10-22/h3-6,14,22H,1-2,7-11H2,(H,20,23). The van der Waals surface area contributed by atoms with Crippen molar-refractivity contribution in [1.82, 2.24) is 4.90 Å². The van der Waals surface area contributed by atoms with Gasteiger partial charge in [-0.2, -0.15) is 13.2 Å². The van der Waals surface area contributed by atoms with Crippen molar-refractivity contribution in [3.05, 3.63) is 29.8 Å². The predicted octanol–water partition coefficient (Wildman–Crippen LogP) is 2.88. The van der Waals surface area contributed by atoms with Gasteiger partial charge in [0, 0.05) is 18.3 Å². The van der Waals surface area contributed by atoms with Crippen LogP contribution in [-0.4, -0.2) is 41.7 Å². The van der Waals surface area contributed by atoms with E-state index in [9.17, 15) is 18.0 Å². The van der Waals surface area contributed by atoms with Crippen LogP contribution in [0.1, 0.15) is 31.2 Å². The van der Waals surface area contributed by atoms with Crippen molar-refractivity contribution >= 4 is 11.6 Å². The highest BCUT2D eigenvalue weighted by Crippen LogP contribution is 2.30. The highest BCUT2D eigenvalue weighted by molar-refractivity contribution is 5.92. The highest BCUT2D eigenvalue weighted by Gasteiger charge is 2.31. The van der Waals surface area contributed by atoms with Crippen LogP contribution < -0.4 is 5.32 Å². The zero-order valence-electron chi connectivity index (χ0n) is 12.8. The molecule has 128 valence electrons. The van der Waals surface area contributed by atoms with Gasteiger partial charge in [0.25, 0.3) is 0 Å². The predicted molar refractivity (Wildman–Crippen MR) is 81.0 cm³/mol. The van der Waals surface area contributed by atoms with Gasteiger partial charge in [-0.3, -0.25) is 9.69 Å². The number of benzene rings is 1. The molecule has 1 aromatic carbocycles. The Morgan fingerprint density at radius 2 is 1.87 bits per heavy atom. The Labute approximate surface area is 133 Å². The van der Waals surface area contributed by atoms with Crippen LogP contribution in [-0.2, 0) is 11.0 Å². The Bertz CT molecular complexity index is 513. The Morgan fingerprint density at radius 1 is 1.22 bits per heavy atom. The molecule has 1 aliphatic carbocycles. The third-order valence-corrected chi connectivity index (χ3v) is 3.76. The molecule has 0 bridgehead atoms. The number of nitrogens with zero attached hydrogens (tertiary/aromatic N) is 1. The van der Waals surface area contributed by atoms with Crippen molar-refractivity contribution in [2.75, 3.05) is 25.0 Å². The van der Waals surface area contributed by atoms with Gasteiger partial charge in [0.15, 0.2) is 0 Å². The summed E-state index contributed by atoms with van der Waals surface area (Å²) in [6.45, 7) is 1.10. The van der Waals surface area contributed by atoms with E-state index in [1.807, 2.05) is 0 Å². The molecule has 1 amide bonds. The minimum absolute atomic E-state index is 0.135. The van der Waals surface area contributed by atoms with E-state index in [2.05, 4.69) is 10.2 Å². The average molecular weight is 330 g/mol. The summed E-state index contributed by atoms with van der Waals surface area (Å²) in [5.41, 5.74) is -0.381. The number of anilines is 1. The summed E-state index contributed by atoms with van der Waals surface area (Å²) >= 11 is 0. The number of nitrogens with one attached hydrogen (secondary N) is 1. The largest absolute Gasteiger partial charge is 0.416 e. The zero-order chi connectivity index (χ0) is 16.9. The number of carbonyl (C=O) groups excluding carboxylic acids is 1. The maximum absolute atomic E-state index is 12.5. The van der Waals surface area contributed by atoms with Crippen molar-refractivity contribution in [2.45, 2.75) is 37.9 Å². The van der Waals surface area contributed by atoms with Crippen LogP contribution in [0.15, 0.2) is 24.3 Å². The lowest BCUT2D eigenvalue weighted by atomic mass is 10.2. The van der Waals surface area contributed by atoms with Crippen molar-refractivity contribution in [3.8, 4) is 0 Å². The van der Waals surface area contributed by atoms with Crippen LogP contribution in [0.5, 0.6) is 0 Å². The van der Waals surface area contributed by atoms with Crippen LogP contribution >= 0.6 is 0 Å². The fraction of sp³-hybridized carbons (Fsp3) is 0.562. The van der Waals surface area contributed by atoms with E-state index in [0.717, 1.165) is 37.9 Å². The van der Waals surface area contributed by atoms with Gasteiger partial charge in [-0.15, -0.1) is 0 Å². The number of halogens is 3. The molecule has 0 spiro atoms. The zero-order valence-corrected chi connectivity index (χ0v) is 12.8. The molecule has 2 rings (SSSR count). The van der Waals surface area contributed by atoms with Gasteiger partial charge in [0.2, 0.25) is 5.91 Å². The molecule has 0 atom stereocenters. The van der Waals surface area contributed by atoms with E-state index in [0.29, 0.717) is 18.2 Å². The number of carbonyl (C=O) groups is 1. The molecule has 0 radical (unpaired) electrons. The number of alkyl halides is 3. The second-order valence-corrected chi connectivity index (χ2v) is 5.76. The van der Waals surface area contributed by atoms with E-state index < -0.39 is 11.7 Å². The average Bonchev–Trinajstić information content (AvgIpc) is 3.30. The van der Waals surface area contributed by atoms with Gasteiger partial charge in [0.05, 0.1) is 12.1 Å². The summed E-state index contributed by atoms with van der Waals surface area (Å²) in [4.78, 5) is 14.1. The van der Waals surface area contributed by atoms with Gasteiger partial charge >= 0.3 is 6.18 Å². The second-order valence-electron chi connectivity index (χ2n) is 5.76. The van der Waals surface area contributed by atoms with Crippen molar-refractivity contribution in [3.63, 3.8) is 0 Å². The molecule has 23 heavy (non-hydrogen) atoms. The van der Waals surface area contributed by atoms with E-state index in [4.69, 9.17) is 5.11 Å². The number of aliphatic hydroxyl groups excluding tert-OH is 1. The minimum Gasteiger partial charge on any atom is -0.396 e. The van der Waals surface area contributed by atoms with Crippen LogP contribution in [0.3, 0.4) is 0 Å². The summed E-state index contributed by atoms with van der Waals surface area (Å²) in [7, 11) is 0. The summed E-state index contributed by atoms with van der Waals surface area (Å²) < 4.78 is 37.5. The maximum atomic E-state index is 12.5. The van der Waals surface area contributed by atoms with Gasteiger partial charge in [0.1, 0.15) is 0 Å². The molecule has 0 unspecified atom stereocenters. The number of amides is 1. The Kier molecular flexibility index (Phi) is 6.01. The topological polar surface area (TPSA) is 52.6 Å². The smallest absolute Gasteiger partial charge is 0.396 e. The monoisotopic (exact) mass is 330 g/mol. The molecule has 4 nitrogen and oxygen atoms in total. The number of hydrogen-bond donors (Lipinski definition) is 2. The maximum Gasteiger partial charge on any atom is 0.416 e. The molecular formula is C16H21F3N2O2. The van der Waals surface area contributed by atoms with E-state index >= 15 is 0 Å². The molecule has 0 heterocycles. The quantitative estimate of drug-likeness (QED) is 0.721. The fourth-order valence-corrected chi connectivity index (χ4v) is 2.38. The first-order chi connectivity index (χ1) is 10.9. The first-order valence-electron chi connectivity index (χ1n) is 7.72. The number of rotatable bonds is 8. The first-order valence-corrected chi connectivity index (χ1v) is 7.72. The SMILES string of the molecule is O=C(CN(CCCCO)C1CC1)Nc1ccc(C(F)(F)F)cc1. The Morgan fingerprint density at radius 3 is 2.39 bits per heavy atom. The van der Waals surface area contributed by atoms with Crippen molar-refractivity contribution < 1.29 is 23.1 Å². The molecule has 1 fully saturated rings. The lowest BCUT2D eigenvalue weighted by molar-refractivity contribution is -0.137. The second kappa shape index (κ2) is 7.79. The highest BCUT2D eigenvalue weighted by atomic mass is 19.4. The van der Waals surface area contributed by atoms with E-state index in [-0.39, 0.29) is 19.1 Å². The van der Waals surface area contributed by atoms with Crippen LogP contribution in [0.4, 0.5) is 18.9 Å². The molecule has 1 aliphatic rings. The normalized spacial score (nSPS) is 15.0. The lowest BCUT2D eigenvalue weighted by Gasteiger charge is -2.21. The molecule has 1 saturated carbocycles. The molecule has 0 aromatic heterocycles. The third kappa shape index (κ3) is 5.84. The van der Waals surface area contributed by atoms with Crippen LogP contribution in [0.2, 0.25) is 0 Å². The molecular weight excluding hydrogens is 309 g/mol. The summed E-state index contributed by atoms with van der Waals surface area (Å²) in [5.74, 6) is -0.236. The Balaban J connectivity index is 1.85. The first kappa shape index (κ1) is 17.7. The van der Waals surface area contributed by atoms with E-state index in [1.54, 1.807) is 0 Å². The molecule has 7 heteroatoms. The lowest BCUT2D eigenvalue weighted by Crippen LogP contribution is -2.35. The molecule has 0 aliphatic heterocycles. The van der Waals surface area contributed by atoms with Gasteiger partial charge < -0.3 is 10.4 Å². The van der Waals surface area contributed by atoms with Gasteiger partial charge in [-0.25, -0.2) is 0 Å². The fourth-order valence-electron chi connectivity index (χ4n) is 2.38. The minimum atomic E-state index is -4.38.